The summed E-state index contributed by atoms with van der Waals surface area (Å²) < 4.78 is 6.96. The lowest BCUT2D eigenvalue weighted by Crippen LogP contribution is -2.44. The molecule has 0 aliphatic carbocycles. The standard InChI is InChI=1S/C4H9NO/c1-5-3-2-4(5)6/h4,6H,2-3H2,1H3/i2D. The fraction of sp³-hybridized carbons (Fsp3) is 1.00. The van der Waals surface area contributed by atoms with Gasteiger partial charge in [0.25, 0.3) is 0 Å². The van der Waals surface area contributed by atoms with Gasteiger partial charge in [0.15, 0.2) is 0 Å². The average molecular weight is 88.1 g/mol. The van der Waals surface area contributed by atoms with Gasteiger partial charge in [-0.3, -0.25) is 4.90 Å². The zero-order valence-corrected chi connectivity index (χ0v) is 3.76. The summed E-state index contributed by atoms with van der Waals surface area (Å²) in [6.45, 7) is 0.709. The molecule has 2 heteroatoms. The van der Waals surface area contributed by atoms with Crippen molar-refractivity contribution in [1.82, 2.24) is 4.90 Å². The van der Waals surface area contributed by atoms with E-state index >= 15 is 0 Å². The molecule has 0 aromatic carbocycles. The smallest absolute Gasteiger partial charge is 0.108 e. The normalized spacial score (nSPS) is 50.7. The Kier molecular flexibility index (Phi) is 0.601. The molecule has 1 aliphatic heterocycles. The Morgan fingerprint density at radius 1 is 2.17 bits per heavy atom. The van der Waals surface area contributed by atoms with Crippen molar-refractivity contribution < 1.29 is 6.48 Å². The van der Waals surface area contributed by atoms with Gasteiger partial charge in [0, 0.05) is 7.92 Å². The third-order valence-corrected chi connectivity index (χ3v) is 1.06. The zero-order valence-electron chi connectivity index (χ0n) is 4.76. The van der Waals surface area contributed by atoms with Crippen LogP contribution in [0.25, 0.3) is 0 Å². The van der Waals surface area contributed by atoms with Crippen LogP contribution in [-0.2, 0) is 0 Å². The molecule has 1 N–H and O–H groups in total. The highest BCUT2D eigenvalue weighted by molar-refractivity contribution is 4.67. The van der Waals surface area contributed by atoms with Crippen LogP contribution in [-0.4, -0.2) is 29.8 Å². The number of rotatable bonds is 0. The van der Waals surface area contributed by atoms with Crippen LogP contribution in [0, 0.1) is 0 Å². The van der Waals surface area contributed by atoms with Gasteiger partial charge >= 0.3 is 0 Å². The summed E-state index contributed by atoms with van der Waals surface area (Å²) in [7, 11) is 1.80. The van der Waals surface area contributed by atoms with Crippen molar-refractivity contribution in [1.29, 1.82) is 0 Å². The van der Waals surface area contributed by atoms with E-state index in [0.29, 0.717) is 6.54 Å². The lowest BCUT2D eigenvalue weighted by molar-refractivity contribution is -0.0554. The van der Waals surface area contributed by atoms with Gasteiger partial charge in [0.2, 0.25) is 0 Å². The highest BCUT2D eigenvalue weighted by Gasteiger charge is 2.19. The highest BCUT2D eigenvalue weighted by Crippen LogP contribution is 2.08. The third kappa shape index (κ3) is 0.420. The maximum absolute atomic E-state index is 8.72. The Balaban J connectivity index is 2.29. The van der Waals surface area contributed by atoms with Crippen LogP contribution in [0.5, 0.6) is 0 Å². The van der Waals surface area contributed by atoms with Crippen LogP contribution in [0.1, 0.15) is 7.77 Å². The molecule has 6 heavy (non-hydrogen) atoms. The van der Waals surface area contributed by atoms with E-state index in [9.17, 15) is 0 Å². The second-order valence-electron chi connectivity index (χ2n) is 1.59. The number of aliphatic hydroxyl groups is 1. The van der Waals surface area contributed by atoms with Crippen LogP contribution in [0.3, 0.4) is 0 Å². The molecule has 2 nitrogen and oxygen atoms in total. The molecule has 1 fully saturated rings. The Morgan fingerprint density at radius 3 is 2.83 bits per heavy atom. The van der Waals surface area contributed by atoms with E-state index in [2.05, 4.69) is 0 Å². The Bertz CT molecular complexity index is 70.1. The number of hydrogen-bond donors (Lipinski definition) is 1. The van der Waals surface area contributed by atoms with Gasteiger partial charge in [-0.05, 0) is 13.4 Å². The minimum atomic E-state index is -0.500. The SMILES string of the molecule is [2H]C1CN(C)C1O. The number of likely N-dealkylation sites (tertiary alicyclic amines) is 1. The summed E-state index contributed by atoms with van der Waals surface area (Å²) in [5, 5.41) is 8.72. The van der Waals surface area contributed by atoms with Gasteiger partial charge in [0.1, 0.15) is 6.23 Å². The molecule has 36 valence electrons. The van der Waals surface area contributed by atoms with E-state index in [4.69, 9.17) is 6.48 Å². The summed E-state index contributed by atoms with van der Waals surface area (Å²) in [5.41, 5.74) is 0. The second kappa shape index (κ2) is 1.21. The average Bonchev–Trinajstić information content (AvgIpc) is 1.68. The lowest BCUT2D eigenvalue weighted by Gasteiger charge is -2.32. The first-order valence-electron chi connectivity index (χ1n) is 2.60. The summed E-state index contributed by atoms with van der Waals surface area (Å²) in [6.07, 6.45) is -0.759. The first-order valence-corrected chi connectivity index (χ1v) is 2.02. The van der Waals surface area contributed by atoms with Crippen LogP contribution >= 0.6 is 0 Å². The fourth-order valence-corrected chi connectivity index (χ4v) is 0.411. The van der Waals surface area contributed by atoms with Crippen molar-refractivity contribution in [3.63, 3.8) is 0 Å². The first-order chi connectivity index (χ1) is 3.22. The second-order valence-corrected chi connectivity index (χ2v) is 1.59. The van der Waals surface area contributed by atoms with E-state index < -0.39 is 6.23 Å². The van der Waals surface area contributed by atoms with Crippen molar-refractivity contribution in [3.8, 4) is 0 Å². The molecule has 0 spiro atoms. The number of aliphatic hydroxyl groups excluding tert-OH is 1. The quantitative estimate of drug-likeness (QED) is 0.437. The summed E-state index contributed by atoms with van der Waals surface area (Å²) in [4.78, 5) is 1.73. The van der Waals surface area contributed by atoms with Crippen molar-refractivity contribution in [2.24, 2.45) is 0 Å². The summed E-state index contributed by atoms with van der Waals surface area (Å²) in [6, 6.07) is 0. The summed E-state index contributed by atoms with van der Waals surface area (Å²) >= 11 is 0. The van der Waals surface area contributed by atoms with Gasteiger partial charge in [-0.2, -0.15) is 0 Å². The van der Waals surface area contributed by atoms with Crippen molar-refractivity contribution in [3.05, 3.63) is 0 Å². The van der Waals surface area contributed by atoms with Crippen LogP contribution in [0.2, 0.25) is 0 Å². The Hall–Kier alpha value is -0.0800. The maximum atomic E-state index is 8.72. The van der Waals surface area contributed by atoms with Gasteiger partial charge in [-0.25, -0.2) is 0 Å². The van der Waals surface area contributed by atoms with Crippen LogP contribution < -0.4 is 0 Å². The minimum absolute atomic E-state index is 0.259. The third-order valence-electron chi connectivity index (χ3n) is 1.06. The molecule has 1 saturated heterocycles. The molecule has 0 amide bonds. The highest BCUT2D eigenvalue weighted by atomic mass is 16.3. The minimum Gasteiger partial charge on any atom is -0.378 e. The van der Waals surface area contributed by atoms with E-state index in [0.717, 1.165) is 0 Å². The molecule has 0 bridgehead atoms. The zero-order chi connectivity index (χ0) is 5.44. The maximum Gasteiger partial charge on any atom is 0.108 e. The first kappa shape index (κ1) is 2.99. The monoisotopic (exact) mass is 88.1 g/mol. The molecule has 2 atom stereocenters. The van der Waals surface area contributed by atoms with Crippen molar-refractivity contribution >= 4 is 0 Å². The Morgan fingerprint density at radius 2 is 2.83 bits per heavy atom. The van der Waals surface area contributed by atoms with Crippen molar-refractivity contribution in [2.75, 3.05) is 13.6 Å². The fourth-order valence-electron chi connectivity index (χ4n) is 0.411. The molecular weight excluding hydrogens is 78.0 g/mol. The molecule has 0 aromatic heterocycles. The van der Waals surface area contributed by atoms with Gasteiger partial charge in [-0.15, -0.1) is 0 Å². The van der Waals surface area contributed by atoms with E-state index in [1.165, 1.54) is 0 Å². The molecule has 1 aliphatic rings. The topological polar surface area (TPSA) is 23.5 Å². The number of hydrogen-bond acceptors (Lipinski definition) is 2. The van der Waals surface area contributed by atoms with Gasteiger partial charge in [-0.1, -0.05) is 0 Å². The molecular formula is C4H9NO. The summed E-state index contributed by atoms with van der Waals surface area (Å²) in [5.74, 6) is 0. The predicted octanol–water partition coefficient (Wildman–Crippen LogP) is -0.360. The molecule has 0 saturated carbocycles. The van der Waals surface area contributed by atoms with E-state index in [1.54, 1.807) is 11.9 Å². The molecule has 1 rings (SSSR count). The lowest BCUT2D eigenvalue weighted by atomic mass is 10.2. The van der Waals surface area contributed by atoms with Crippen molar-refractivity contribution in [2.45, 2.75) is 12.6 Å². The number of nitrogens with zero attached hydrogens (tertiary/aromatic N) is 1. The predicted molar refractivity (Wildman–Crippen MR) is 23.3 cm³/mol. The van der Waals surface area contributed by atoms with E-state index in [1.807, 2.05) is 0 Å². The van der Waals surface area contributed by atoms with Crippen LogP contribution in [0.4, 0.5) is 0 Å². The molecule has 2 unspecified atom stereocenters. The Labute approximate surface area is 38.8 Å². The molecule has 1 heterocycles. The van der Waals surface area contributed by atoms with Crippen LogP contribution in [0.15, 0.2) is 0 Å². The van der Waals surface area contributed by atoms with Gasteiger partial charge < -0.3 is 5.11 Å². The van der Waals surface area contributed by atoms with E-state index in [-0.39, 0.29) is 6.40 Å². The largest absolute Gasteiger partial charge is 0.378 e. The van der Waals surface area contributed by atoms with Gasteiger partial charge in [0.05, 0.1) is 0 Å². The molecule has 0 aromatic rings. The molecule has 0 radical (unpaired) electrons.